The zero-order valence-electron chi connectivity index (χ0n) is 12.9. The number of nitrogens with two attached hydrogens (primary N) is 1. The topological polar surface area (TPSA) is 72.9 Å². The van der Waals surface area contributed by atoms with E-state index >= 15 is 0 Å². The van der Waals surface area contributed by atoms with Crippen molar-refractivity contribution in [1.29, 1.82) is 0 Å². The Morgan fingerprint density at radius 3 is 2.27 bits per heavy atom. The van der Waals surface area contributed by atoms with E-state index in [0.29, 0.717) is 15.9 Å². The van der Waals surface area contributed by atoms with Crippen molar-refractivity contribution >= 4 is 29.9 Å². The molecule has 0 aliphatic heterocycles. The van der Waals surface area contributed by atoms with Crippen molar-refractivity contribution in [3.05, 3.63) is 46.7 Å². The van der Waals surface area contributed by atoms with Crippen molar-refractivity contribution < 1.29 is 26.7 Å². The molecule has 3 N–H and O–H groups in total. The van der Waals surface area contributed by atoms with E-state index in [1.807, 2.05) is 0 Å². The number of hydrogen-bond donors (Lipinski definition) is 2. The van der Waals surface area contributed by atoms with Crippen molar-refractivity contribution in [2.75, 3.05) is 13.1 Å². The van der Waals surface area contributed by atoms with Crippen molar-refractivity contribution in [3.8, 4) is 5.69 Å². The van der Waals surface area contributed by atoms with E-state index in [1.54, 1.807) is 5.32 Å². The van der Waals surface area contributed by atoms with Gasteiger partial charge in [-0.05, 0) is 24.3 Å². The molecule has 0 atom stereocenters. The minimum atomic E-state index is -4.95. The fraction of sp³-hybridized carbons (Fsp3) is 0.286. The van der Waals surface area contributed by atoms with E-state index < -0.39 is 42.4 Å². The number of carbonyl (C=O) groups excluding carboxylic acids is 1. The summed E-state index contributed by atoms with van der Waals surface area (Å²) in [5.41, 5.74) is 2.55. The first kappa shape index (κ1) is 22.1. The molecule has 5 nitrogen and oxygen atoms in total. The quantitative estimate of drug-likeness (QED) is 0.731. The first-order chi connectivity index (χ1) is 11.5. The Morgan fingerprint density at radius 2 is 1.77 bits per heavy atom. The summed E-state index contributed by atoms with van der Waals surface area (Å²) in [5, 5.41) is 5.58. The third-order valence-corrected chi connectivity index (χ3v) is 3.41. The summed E-state index contributed by atoms with van der Waals surface area (Å²) in [4.78, 5) is 11.9. The van der Waals surface area contributed by atoms with Crippen molar-refractivity contribution in [1.82, 2.24) is 15.1 Å². The Labute approximate surface area is 155 Å². The van der Waals surface area contributed by atoms with Crippen LogP contribution in [0.5, 0.6) is 0 Å². The van der Waals surface area contributed by atoms with Crippen LogP contribution in [0.2, 0.25) is 5.02 Å². The molecule has 0 saturated carbocycles. The molecule has 2 aromatic rings. The fourth-order valence-corrected chi connectivity index (χ4v) is 2.07. The molecule has 0 saturated heterocycles. The van der Waals surface area contributed by atoms with Crippen molar-refractivity contribution in [3.63, 3.8) is 0 Å². The molecule has 0 spiro atoms. The van der Waals surface area contributed by atoms with Crippen molar-refractivity contribution in [2.45, 2.75) is 12.1 Å². The fourth-order valence-electron chi connectivity index (χ4n) is 1.94. The Balaban J connectivity index is 0.00000338. The molecule has 1 heterocycles. The van der Waals surface area contributed by atoms with Crippen LogP contribution in [-0.2, 0) is 6.18 Å². The first-order valence-corrected chi connectivity index (χ1v) is 7.20. The van der Waals surface area contributed by atoms with Gasteiger partial charge in [-0.3, -0.25) is 4.79 Å². The zero-order valence-corrected chi connectivity index (χ0v) is 14.4. The Hall–Kier alpha value is -1.91. The van der Waals surface area contributed by atoms with E-state index in [2.05, 4.69) is 5.10 Å². The number of halogens is 7. The molecule has 144 valence electrons. The van der Waals surface area contributed by atoms with Crippen LogP contribution in [0.25, 0.3) is 5.69 Å². The number of amides is 1. The molecule has 0 aliphatic rings. The lowest BCUT2D eigenvalue weighted by atomic mass is 10.2. The summed E-state index contributed by atoms with van der Waals surface area (Å²) in [6.45, 7) is -2.24. The van der Waals surface area contributed by atoms with Gasteiger partial charge in [0.1, 0.15) is 0 Å². The highest BCUT2D eigenvalue weighted by atomic mass is 35.5. The molecule has 0 fully saturated rings. The molecule has 0 aliphatic carbocycles. The number of rotatable bonds is 5. The molecule has 12 heteroatoms. The van der Waals surface area contributed by atoms with Crippen LogP contribution in [0.15, 0.2) is 30.5 Å². The molecule has 1 amide bonds. The molecular weight excluding hydrogens is 406 g/mol. The zero-order chi connectivity index (χ0) is 18.8. The lowest BCUT2D eigenvalue weighted by Crippen LogP contribution is -2.41. The Bertz CT molecular complexity index is 762. The van der Waals surface area contributed by atoms with Gasteiger partial charge < -0.3 is 11.1 Å². The van der Waals surface area contributed by atoms with Gasteiger partial charge in [0.25, 0.3) is 11.8 Å². The predicted octanol–water partition coefficient (Wildman–Crippen LogP) is 3.29. The maximum absolute atomic E-state index is 13.4. The second-order valence-corrected chi connectivity index (χ2v) is 5.47. The lowest BCUT2D eigenvalue weighted by Gasteiger charge is -2.15. The van der Waals surface area contributed by atoms with Crippen LogP contribution in [0.1, 0.15) is 16.1 Å². The van der Waals surface area contributed by atoms with Gasteiger partial charge in [0, 0.05) is 5.02 Å². The van der Waals surface area contributed by atoms with E-state index in [-0.39, 0.29) is 18.1 Å². The molecular formula is C14H13Cl2F5N4O. The highest BCUT2D eigenvalue weighted by molar-refractivity contribution is 6.30. The molecule has 26 heavy (non-hydrogen) atoms. The van der Waals surface area contributed by atoms with Crippen LogP contribution < -0.4 is 11.1 Å². The maximum atomic E-state index is 13.4. The smallest absolute Gasteiger partial charge is 0.346 e. The number of nitrogens with zero attached hydrogens (tertiary/aromatic N) is 2. The van der Waals surface area contributed by atoms with Crippen LogP contribution in [0.3, 0.4) is 0 Å². The predicted molar refractivity (Wildman–Crippen MR) is 87.2 cm³/mol. The number of aromatic nitrogens is 2. The molecule has 0 unspecified atom stereocenters. The number of hydrogen-bond acceptors (Lipinski definition) is 3. The summed E-state index contributed by atoms with van der Waals surface area (Å²) in [7, 11) is 0. The lowest BCUT2D eigenvalue weighted by molar-refractivity contribution is -0.143. The second kappa shape index (κ2) is 8.19. The normalized spacial score (nSPS) is 11.8. The molecule has 1 aromatic carbocycles. The molecule has 0 radical (unpaired) electrons. The number of carbonyl (C=O) groups is 1. The summed E-state index contributed by atoms with van der Waals surface area (Å²) in [5.74, 6) is -4.76. The summed E-state index contributed by atoms with van der Waals surface area (Å²) >= 11 is 5.68. The average Bonchev–Trinajstić information content (AvgIpc) is 2.99. The molecule has 0 bridgehead atoms. The summed E-state index contributed by atoms with van der Waals surface area (Å²) in [6.07, 6.45) is -4.29. The van der Waals surface area contributed by atoms with E-state index in [4.69, 9.17) is 17.3 Å². The molecule has 1 aromatic heterocycles. The van der Waals surface area contributed by atoms with Crippen molar-refractivity contribution in [2.24, 2.45) is 5.73 Å². The van der Waals surface area contributed by atoms with Gasteiger partial charge in [-0.25, -0.2) is 13.5 Å². The van der Waals surface area contributed by atoms with Gasteiger partial charge in [-0.1, -0.05) is 11.6 Å². The van der Waals surface area contributed by atoms with Gasteiger partial charge in [-0.15, -0.1) is 12.4 Å². The van der Waals surface area contributed by atoms with E-state index in [1.165, 1.54) is 24.3 Å². The Kier molecular flexibility index (Phi) is 6.97. The standard InChI is InChI=1S/C14H12ClF5N4O.ClH/c15-8-1-3-9(4-2-8)24-11(14(18,19)20)10(5-23-24)12(25)22-7-13(16,17)6-21;/h1-5H,6-7,21H2,(H,22,25);1H. The maximum Gasteiger partial charge on any atom is 0.434 e. The SMILES string of the molecule is Cl.NCC(F)(F)CNC(=O)c1cnn(-c2ccc(Cl)cc2)c1C(F)(F)F. The number of alkyl halides is 5. The third-order valence-electron chi connectivity index (χ3n) is 3.16. The first-order valence-electron chi connectivity index (χ1n) is 6.82. The van der Waals surface area contributed by atoms with Crippen LogP contribution in [-0.4, -0.2) is 34.7 Å². The highest BCUT2D eigenvalue weighted by Crippen LogP contribution is 2.33. The second-order valence-electron chi connectivity index (χ2n) is 5.04. The van der Waals surface area contributed by atoms with Crippen LogP contribution >= 0.6 is 24.0 Å². The van der Waals surface area contributed by atoms with Gasteiger partial charge in [0.05, 0.1) is 30.5 Å². The average molecular weight is 419 g/mol. The minimum Gasteiger partial charge on any atom is -0.346 e. The summed E-state index contributed by atoms with van der Waals surface area (Å²) < 4.78 is 66.8. The largest absolute Gasteiger partial charge is 0.434 e. The minimum absolute atomic E-state index is 0. The third kappa shape index (κ3) is 5.05. The van der Waals surface area contributed by atoms with Crippen LogP contribution in [0.4, 0.5) is 22.0 Å². The number of benzene rings is 1. The molecule has 2 rings (SSSR count). The Morgan fingerprint density at radius 1 is 1.19 bits per heavy atom. The number of nitrogens with one attached hydrogen (secondary N) is 1. The summed E-state index contributed by atoms with van der Waals surface area (Å²) in [6, 6.07) is 5.24. The van der Waals surface area contributed by atoms with E-state index in [0.717, 1.165) is 0 Å². The van der Waals surface area contributed by atoms with Gasteiger partial charge in [0.15, 0.2) is 5.69 Å². The van der Waals surface area contributed by atoms with Gasteiger partial charge >= 0.3 is 6.18 Å². The van der Waals surface area contributed by atoms with Gasteiger partial charge in [0.2, 0.25) is 0 Å². The van der Waals surface area contributed by atoms with E-state index in [9.17, 15) is 26.7 Å². The van der Waals surface area contributed by atoms with Gasteiger partial charge in [-0.2, -0.15) is 18.3 Å². The highest BCUT2D eigenvalue weighted by Gasteiger charge is 2.41. The van der Waals surface area contributed by atoms with Crippen LogP contribution in [0, 0.1) is 0 Å². The monoisotopic (exact) mass is 418 g/mol.